The minimum absolute atomic E-state index is 0.132. The van der Waals surface area contributed by atoms with Gasteiger partial charge in [0, 0.05) is 33.9 Å². The fourth-order valence-corrected chi connectivity index (χ4v) is 1.89. The van der Waals surface area contributed by atoms with Gasteiger partial charge in [-0.15, -0.1) is 0 Å². The lowest BCUT2D eigenvalue weighted by Crippen LogP contribution is -2.48. The molecule has 4 nitrogen and oxygen atoms in total. The molecule has 2 atom stereocenters. The van der Waals surface area contributed by atoms with Gasteiger partial charge in [0.15, 0.2) is 6.29 Å². The van der Waals surface area contributed by atoms with Crippen LogP contribution in [0.5, 0.6) is 0 Å². The van der Waals surface area contributed by atoms with E-state index in [1.807, 2.05) is 0 Å². The lowest BCUT2D eigenvalue weighted by atomic mass is 10.2. The molecule has 14 heavy (non-hydrogen) atoms. The molecule has 1 saturated heterocycles. The van der Waals surface area contributed by atoms with Crippen LogP contribution in [0, 0.1) is 0 Å². The van der Waals surface area contributed by atoms with E-state index in [4.69, 9.17) is 14.2 Å². The first-order valence-electron chi connectivity index (χ1n) is 5.09. The van der Waals surface area contributed by atoms with Crippen LogP contribution in [-0.4, -0.2) is 57.3 Å². The molecule has 1 aliphatic rings. The molecule has 0 aromatic carbocycles. The van der Waals surface area contributed by atoms with Gasteiger partial charge >= 0.3 is 0 Å². The van der Waals surface area contributed by atoms with Crippen LogP contribution >= 0.6 is 0 Å². The van der Waals surface area contributed by atoms with Gasteiger partial charge in [-0.05, 0) is 13.8 Å². The molecule has 0 N–H and O–H groups in total. The summed E-state index contributed by atoms with van der Waals surface area (Å²) in [6.45, 7) is 6.90. The van der Waals surface area contributed by atoms with Crippen LogP contribution in [0.4, 0.5) is 0 Å². The first-order valence-corrected chi connectivity index (χ1v) is 5.09. The summed E-state index contributed by atoms with van der Waals surface area (Å²) in [6, 6.07) is 0. The molecule has 1 fully saturated rings. The quantitative estimate of drug-likeness (QED) is 0.630. The zero-order chi connectivity index (χ0) is 10.6. The Bertz CT molecular complexity index is 151. The van der Waals surface area contributed by atoms with Gasteiger partial charge in [-0.3, -0.25) is 4.90 Å². The summed E-state index contributed by atoms with van der Waals surface area (Å²) in [4.78, 5) is 2.32. The van der Waals surface area contributed by atoms with Gasteiger partial charge in [-0.25, -0.2) is 0 Å². The van der Waals surface area contributed by atoms with Crippen molar-refractivity contribution in [2.45, 2.75) is 32.3 Å². The zero-order valence-corrected chi connectivity index (χ0v) is 9.53. The van der Waals surface area contributed by atoms with Gasteiger partial charge in [0.05, 0.1) is 12.2 Å². The van der Waals surface area contributed by atoms with E-state index in [2.05, 4.69) is 18.7 Å². The number of hydrogen-bond donors (Lipinski definition) is 0. The van der Waals surface area contributed by atoms with Gasteiger partial charge in [0.2, 0.25) is 0 Å². The smallest absolute Gasteiger partial charge is 0.169 e. The molecule has 84 valence electrons. The number of nitrogens with zero attached hydrogens (tertiary/aromatic N) is 1. The highest BCUT2D eigenvalue weighted by molar-refractivity contribution is 4.73. The Hall–Kier alpha value is -0.160. The van der Waals surface area contributed by atoms with Crippen molar-refractivity contribution in [1.29, 1.82) is 0 Å². The van der Waals surface area contributed by atoms with Crippen LogP contribution in [0.3, 0.4) is 0 Å². The summed E-state index contributed by atoms with van der Waals surface area (Å²) >= 11 is 0. The molecule has 0 spiro atoms. The fourth-order valence-electron chi connectivity index (χ4n) is 1.89. The van der Waals surface area contributed by atoms with Crippen LogP contribution < -0.4 is 0 Å². The lowest BCUT2D eigenvalue weighted by molar-refractivity contribution is -0.139. The van der Waals surface area contributed by atoms with E-state index in [9.17, 15) is 0 Å². The summed E-state index contributed by atoms with van der Waals surface area (Å²) < 4.78 is 16.0. The molecule has 0 bridgehead atoms. The molecular weight excluding hydrogens is 182 g/mol. The second-order valence-electron chi connectivity index (χ2n) is 3.88. The molecule has 0 aromatic rings. The Morgan fingerprint density at radius 1 is 1.21 bits per heavy atom. The highest BCUT2D eigenvalue weighted by Gasteiger charge is 2.24. The van der Waals surface area contributed by atoms with Gasteiger partial charge in [-0.2, -0.15) is 0 Å². The number of methoxy groups -OCH3 is 2. The molecule has 0 saturated carbocycles. The Morgan fingerprint density at radius 2 is 1.71 bits per heavy atom. The molecule has 1 aliphatic heterocycles. The van der Waals surface area contributed by atoms with E-state index < -0.39 is 0 Å². The van der Waals surface area contributed by atoms with Crippen LogP contribution in [0.1, 0.15) is 13.8 Å². The zero-order valence-electron chi connectivity index (χ0n) is 9.53. The van der Waals surface area contributed by atoms with Crippen LogP contribution in [0.25, 0.3) is 0 Å². The SMILES string of the molecule is COC(CN1CC(C)OC(C)C1)OC. The molecular formula is C10H21NO3. The van der Waals surface area contributed by atoms with Crippen molar-refractivity contribution in [2.24, 2.45) is 0 Å². The lowest BCUT2D eigenvalue weighted by Gasteiger charge is -2.36. The number of ether oxygens (including phenoxy) is 3. The first kappa shape index (κ1) is 11.9. The molecule has 0 aromatic heterocycles. The van der Waals surface area contributed by atoms with Crippen molar-refractivity contribution in [3.05, 3.63) is 0 Å². The van der Waals surface area contributed by atoms with E-state index in [0.29, 0.717) is 12.2 Å². The third-order valence-electron chi connectivity index (χ3n) is 2.43. The molecule has 4 heteroatoms. The third-order valence-corrected chi connectivity index (χ3v) is 2.43. The summed E-state index contributed by atoms with van der Waals surface area (Å²) in [5.41, 5.74) is 0. The molecule has 1 heterocycles. The van der Waals surface area contributed by atoms with Gasteiger partial charge in [-0.1, -0.05) is 0 Å². The van der Waals surface area contributed by atoms with Gasteiger partial charge in [0.1, 0.15) is 0 Å². The molecule has 0 aliphatic carbocycles. The predicted octanol–water partition coefficient (Wildman–Crippen LogP) is 0.714. The minimum atomic E-state index is -0.132. The van der Waals surface area contributed by atoms with Crippen molar-refractivity contribution < 1.29 is 14.2 Å². The van der Waals surface area contributed by atoms with Crippen molar-refractivity contribution in [3.63, 3.8) is 0 Å². The maximum atomic E-state index is 5.64. The maximum absolute atomic E-state index is 5.64. The van der Waals surface area contributed by atoms with Crippen LogP contribution in [-0.2, 0) is 14.2 Å². The summed E-state index contributed by atoms with van der Waals surface area (Å²) in [5.74, 6) is 0. The van der Waals surface area contributed by atoms with E-state index in [1.165, 1.54) is 0 Å². The van der Waals surface area contributed by atoms with E-state index in [0.717, 1.165) is 19.6 Å². The topological polar surface area (TPSA) is 30.9 Å². The molecule has 0 radical (unpaired) electrons. The average Bonchev–Trinajstić information content (AvgIpc) is 2.12. The first-order chi connectivity index (χ1) is 6.65. The molecule has 2 unspecified atom stereocenters. The van der Waals surface area contributed by atoms with E-state index >= 15 is 0 Å². The Morgan fingerprint density at radius 3 is 2.14 bits per heavy atom. The van der Waals surface area contributed by atoms with Crippen molar-refractivity contribution in [1.82, 2.24) is 4.90 Å². The second kappa shape index (κ2) is 5.66. The highest BCUT2D eigenvalue weighted by atomic mass is 16.7. The van der Waals surface area contributed by atoms with Gasteiger partial charge < -0.3 is 14.2 Å². The summed E-state index contributed by atoms with van der Waals surface area (Å²) in [7, 11) is 3.34. The van der Waals surface area contributed by atoms with Crippen LogP contribution in [0.2, 0.25) is 0 Å². The fraction of sp³-hybridized carbons (Fsp3) is 1.00. The van der Waals surface area contributed by atoms with Gasteiger partial charge in [0.25, 0.3) is 0 Å². The maximum Gasteiger partial charge on any atom is 0.169 e. The van der Waals surface area contributed by atoms with Crippen molar-refractivity contribution >= 4 is 0 Å². The van der Waals surface area contributed by atoms with Crippen molar-refractivity contribution in [2.75, 3.05) is 33.9 Å². The summed E-state index contributed by atoms with van der Waals surface area (Å²) in [5, 5.41) is 0. The van der Waals surface area contributed by atoms with Crippen molar-refractivity contribution in [3.8, 4) is 0 Å². The minimum Gasteiger partial charge on any atom is -0.373 e. The largest absolute Gasteiger partial charge is 0.373 e. The molecule has 1 rings (SSSR count). The Kier molecular flexibility index (Phi) is 4.81. The Balaban J connectivity index is 2.35. The second-order valence-corrected chi connectivity index (χ2v) is 3.88. The van der Waals surface area contributed by atoms with E-state index in [1.54, 1.807) is 14.2 Å². The summed E-state index contributed by atoms with van der Waals surface area (Å²) in [6.07, 6.45) is 0.466. The third kappa shape index (κ3) is 3.53. The Labute approximate surface area is 86.1 Å². The standard InChI is InChI=1S/C10H21NO3/c1-8-5-11(6-9(2)14-8)7-10(12-3)13-4/h8-10H,5-7H2,1-4H3. The number of rotatable bonds is 4. The normalized spacial score (nSPS) is 29.8. The predicted molar refractivity (Wildman–Crippen MR) is 54.3 cm³/mol. The van der Waals surface area contributed by atoms with E-state index in [-0.39, 0.29) is 6.29 Å². The molecule has 0 amide bonds. The number of hydrogen-bond acceptors (Lipinski definition) is 4. The highest BCUT2D eigenvalue weighted by Crippen LogP contribution is 2.11. The van der Waals surface area contributed by atoms with Crippen LogP contribution in [0.15, 0.2) is 0 Å². The number of morpholine rings is 1. The monoisotopic (exact) mass is 203 g/mol. The average molecular weight is 203 g/mol.